The van der Waals surface area contributed by atoms with Gasteiger partial charge in [-0.1, -0.05) is 12.1 Å². The van der Waals surface area contributed by atoms with Crippen LogP contribution in [0, 0.1) is 0 Å². The molecule has 0 amide bonds. The van der Waals surface area contributed by atoms with E-state index in [2.05, 4.69) is 15.0 Å². The number of hydrogen-bond acceptors (Lipinski definition) is 5. The molecule has 1 aromatic heterocycles. The minimum atomic E-state index is -3.65. The molecule has 6 nitrogen and oxygen atoms in total. The number of sulfonamides is 1. The van der Waals surface area contributed by atoms with Crippen LogP contribution in [0.5, 0.6) is 0 Å². The molecule has 0 atom stereocenters. The molecule has 1 heterocycles. The SMILES string of the molecule is CNc1cc(S(=O)(=O)Nc2ccc(CCO)cc2)ccn1. The third kappa shape index (κ3) is 3.93. The van der Waals surface area contributed by atoms with E-state index < -0.39 is 10.0 Å². The molecule has 0 aliphatic heterocycles. The van der Waals surface area contributed by atoms with Gasteiger partial charge in [0.25, 0.3) is 10.0 Å². The molecule has 112 valence electrons. The van der Waals surface area contributed by atoms with Gasteiger partial charge in [0.05, 0.1) is 4.90 Å². The summed E-state index contributed by atoms with van der Waals surface area (Å²) in [6.07, 6.45) is 1.98. The zero-order chi connectivity index (χ0) is 15.3. The number of nitrogens with zero attached hydrogens (tertiary/aromatic N) is 1. The van der Waals surface area contributed by atoms with Gasteiger partial charge in [0, 0.05) is 31.6 Å². The van der Waals surface area contributed by atoms with Crippen LogP contribution < -0.4 is 10.0 Å². The molecule has 0 radical (unpaired) electrons. The zero-order valence-electron chi connectivity index (χ0n) is 11.6. The van der Waals surface area contributed by atoms with Crippen molar-refractivity contribution in [2.24, 2.45) is 0 Å². The molecule has 0 fully saturated rings. The number of hydrogen-bond donors (Lipinski definition) is 3. The number of aromatic nitrogens is 1. The molecule has 0 unspecified atom stereocenters. The Morgan fingerprint density at radius 1 is 1.19 bits per heavy atom. The molecule has 0 spiro atoms. The Morgan fingerprint density at radius 2 is 1.90 bits per heavy atom. The van der Waals surface area contributed by atoms with E-state index >= 15 is 0 Å². The molecule has 0 saturated heterocycles. The monoisotopic (exact) mass is 307 g/mol. The first kappa shape index (κ1) is 15.3. The van der Waals surface area contributed by atoms with Gasteiger partial charge in [-0.15, -0.1) is 0 Å². The molecule has 7 heteroatoms. The van der Waals surface area contributed by atoms with Gasteiger partial charge in [-0.05, 0) is 30.2 Å². The molecule has 0 aliphatic rings. The maximum Gasteiger partial charge on any atom is 0.262 e. The van der Waals surface area contributed by atoms with E-state index in [0.717, 1.165) is 5.56 Å². The highest BCUT2D eigenvalue weighted by molar-refractivity contribution is 7.92. The summed E-state index contributed by atoms with van der Waals surface area (Å²) in [6.45, 7) is 0.0644. The van der Waals surface area contributed by atoms with Crippen LogP contribution in [0.1, 0.15) is 5.56 Å². The Bertz CT molecular complexity index is 700. The molecule has 0 aliphatic carbocycles. The van der Waals surface area contributed by atoms with Crippen molar-refractivity contribution in [1.29, 1.82) is 0 Å². The first-order valence-electron chi connectivity index (χ1n) is 6.41. The maximum atomic E-state index is 12.3. The zero-order valence-corrected chi connectivity index (χ0v) is 12.4. The predicted molar refractivity (Wildman–Crippen MR) is 81.8 cm³/mol. The highest BCUT2D eigenvalue weighted by Crippen LogP contribution is 2.18. The van der Waals surface area contributed by atoms with Gasteiger partial charge in [-0.3, -0.25) is 4.72 Å². The number of aliphatic hydroxyl groups excluding tert-OH is 1. The smallest absolute Gasteiger partial charge is 0.262 e. The summed E-state index contributed by atoms with van der Waals surface area (Å²) in [5, 5.41) is 11.6. The fraction of sp³-hybridized carbons (Fsp3) is 0.214. The van der Waals surface area contributed by atoms with E-state index in [-0.39, 0.29) is 11.5 Å². The second-order valence-corrected chi connectivity index (χ2v) is 6.09. The largest absolute Gasteiger partial charge is 0.396 e. The molecule has 0 saturated carbocycles. The lowest BCUT2D eigenvalue weighted by Crippen LogP contribution is -2.13. The lowest BCUT2D eigenvalue weighted by atomic mass is 10.1. The second-order valence-electron chi connectivity index (χ2n) is 4.40. The van der Waals surface area contributed by atoms with Crippen molar-refractivity contribution in [3.8, 4) is 0 Å². The van der Waals surface area contributed by atoms with Gasteiger partial charge < -0.3 is 10.4 Å². The average Bonchev–Trinajstić information content (AvgIpc) is 2.49. The van der Waals surface area contributed by atoms with Gasteiger partial charge in [-0.2, -0.15) is 0 Å². The van der Waals surface area contributed by atoms with Crippen molar-refractivity contribution in [3.05, 3.63) is 48.2 Å². The Hall–Kier alpha value is -2.12. The van der Waals surface area contributed by atoms with E-state index in [1.807, 2.05) is 0 Å². The van der Waals surface area contributed by atoms with Crippen LogP contribution in [0.2, 0.25) is 0 Å². The Kier molecular flexibility index (Phi) is 4.77. The number of anilines is 2. The lowest BCUT2D eigenvalue weighted by Gasteiger charge is -2.09. The molecule has 21 heavy (non-hydrogen) atoms. The van der Waals surface area contributed by atoms with Crippen molar-refractivity contribution in [1.82, 2.24) is 4.98 Å². The topological polar surface area (TPSA) is 91.3 Å². The predicted octanol–water partition coefficient (Wildman–Crippen LogP) is 1.46. The van der Waals surface area contributed by atoms with Crippen LogP contribution in [-0.2, 0) is 16.4 Å². The van der Waals surface area contributed by atoms with E-state index in [0.29, 0.717) is 17.9 Å². The molecule has 3 N–H and O–H groups in total. The van der Waals surface area contributed by atoms with Crippen molar-refractivity contribution in [3.63, 3.8) is 0 Å². The molecular formula is C14H17N3O3S. The highest BCUT2D eigenvalue weighted by atomic mass is 32.2. The van der Waals surface area contributed by atoms with Crippen LogP contribution in [0.3, 0.4) is 0 Å². The Morgan fingerprint density at radius 3 is 2.52 bits per heavy atom. The van der Waals surface area contributed by atoms with E-state index in [1.165, 1.54) is 18.3 Å². The number of nitrogens with one attached hydrogen (secondary N) is 2. The summed E-state index contributed by atoms with van der Waals surface area (Å²) in [7, 11) is -1.98. The third-order valence-electron chi connectivity index (χ3n) is 2.90. The van der Waals surface area contributed by atoms with E-state index in [9.17, 15) is 8.42 Å². The van der Waals surface area contributed by atoms with Crippen molar-refractivity contribution in [2.75, 3.05) is 23.7 Å². The van der Waals surface area contributed by atoms with Crippen LogP contribution in [-0.4, -0.2) is 32.2 Å². The minimum absolute atomic E-state index is 0.0644. The first-order chi connectivity index (χ1) is 10.0. The van der Waals surface area contributed by atoms with Crippen molar-refractivity contribution in [2.45, 2.75) is 11.3 Å². The average molecular weight is 307 g/mol. The second kappa shape index (κ2) is 6.55. The van der Waals surface area contributed by atoms with Crippen LogP contribution in [0.25, 0.3) is 0 Å². The van der Waals surface area contributed by atoms with E-state index in [4.69, 9.17) is 5.11 Å². The summed E-state index contributed by atoms with van der Waals surface area (Å²) in [5.41, 5.74) is 1.42. The minimum Gasteiger partial charge on any atom is -0.396 e. The number of rotatable bonds is 6. The summed E-state index contributed by atoms with van der Waals surface area (Å²) >= 11 is 0. The van der Waals surface area contributed by atoms with Crippen LogP contribution in [0.15, 0.2) is 47.5 Å². The number of benzene rings is 1. The number of pyridine rings is 1. The standard InChI is InChI=1S/C14H17N3O3S/c1-15-14-10-13(6-8-16-14)21(19,20)17-12-4-2-11(3-5-12)7-9-18/h2-6,8,10,17-18H,7,9H2,1H3,(H,15,16). The molecule has 2 rings (SSSR count). The summed E-state index contributed by atoms with van der Waals surface area (Å²) < 4.78 is 27.1. The fourth-order valence-electron chi connectivity index (χ4n) is 1.80. The highest BCUT2D eigenvalue weighted by Gasteiger charge is 2.14. The van der Waals surface area contributed by atoms with Crippen LogP contribution >= 0.6 is 0 Å². The lowest BCUT2D eigenvalue weighted by molar-refractivity contribution is 0.299. The van der Waals surface area contributed by atoms with Crippen molar-refractivity contribution >= 4 is 21.5 Å². The molecule has 2 aromatic rings. The summed E-state index contributed by atoms with van der Waals surface area (Å²) in [6, 6.07) is 9.79. The number of aliphatic hydroxyl groups is 1. The summed E-state index contributed by atoms with van der Waals surface area (Å²) in [5.74, 6) is 0.483. The van der Waals surface area contributed by atoms with Crippen LogP contribution in [0.4, 0.5) is 11.5 Å². The fourth-order valence-corrected chi connectivity index (χ4v) is 2.87. The maximum absolute atomic E-state index is 12.3. The van der Waals surface area contributed by atoms with E-state index in [1.54, 1.807) is 31.3 Å². The molecule has 0 bridgehead atoms. The van der Waals surface area contributed by atoms with Gasteiger partial charge in [0.15, 0.2) is 0 Å². The molecule has 1 aromatic carbocycles. The summed E-state index contributed by atoms with van der Waals surface area (Å²) in [4.78, 5) is 4.12. The molecular weight excluding hydrogens is 290 g/mol. The third-order valence-corrected chi connectivity index (χ3v) is 4.28. The Balaban J connectivity index is 2.20. The van der Waals surface area contributed by atoms with Gasteiger partial charge in [0.2, 0.25) is 0 Å². The Labute approximate surface area is 123 Å². The van der Waals surface area contributed by atoms with Crippen molar-refractivity contribution < 1.29 is 13.5 Å². The quantitative estimate of drug-likeness (QED) is 0.751. The first-order valence-corrected chi connectivity index (χ1v) is 7.90. The van der Waals surface area contributed by atoms with Gasteiger partial charge >= 0.3 is 0 Å². The van der Waals surface area contributed by atoms with Gasteiger partial charge in [-0.25, -0.2) is 13.4 Å². The van der Waals surface area contributed by atoms with Gasteiger partial charge in [0.1, 0.15) is 5.82 Å². The normalized spacial score (nSPS) is 11.1.